The van der Waals surface area contributed by atoms with Gasteiger partial charge in [-0.15, -0.1) is 0 Å². The fraction of sp³-hybridized carbons (Fsp3) is 0.529. The predicted molar refractivity (Wildman–Crippen MR) is 89.2 cm³/mol. The van der Waals surface area contributed by atoms with Crippen LogP contribution in [0.25, 0.3) is 0 Å². The van der Waals surface area contributed by atoms with Crippen LogP contribution in [0.15, 0.2) is 18.2 Å². The minimum absolute atomic E-state index is 0.201. The van der Waals surface area contributed by atoms with Gasteiger partial charge in [0.15, 0.2) is 0 Å². The van der Waals surface area contributed by atoms with Gasteiger partial charge < -0.3 is 15.5 Å². The molecule has 0 aliphatic carbocycles. The van der Waals surface area contributed by atoms with E-state index < -0.39 is 6.04 Å². The number of fused-ring (bicyclic) bond motifs is 1. The van der Waals surface area contributed by atoms with Crippen LogP contribution in [0.5, 0.6) is 0 Å². The number of carbonyl (C=O) groups excluding carboxylic acids is 2. The lowest BCUT2D eigenvalue weighted by atomic mass is 10.1. The van der Waals surface area contributed by atoms with E-state index in [4.69, 9.17) is 0 Å². The van der Waals surface area contributed by atoms with E-state index in [9.17, 15) is 9.59 Å². The topological polar surface area (TPSA) is 61.4 Å². The lowest BCUT2D eigenvalue weighted by Crippen LogP contribution is -2.40. The summed E-state index contributed by atoms with van der Waals surface area (Å²) in [7, 11) is 0. The molecule has 5 heteroatoms. The SMILES string of the molecule is CCCCN1CCc2ccc(NC(=O)C(C)NC(C)=O)cc21. The first kappa shape index (κ1) is 16.3. The van der Waals surface area contributed by atoms with E-state index in [1.165, 1.54) is 31.0 Å². The smallest absolute Gasteiger partial charge is 0.246 e. The summed E-state index contributed by atoms with van der Waals surface area (Å²) in [6.45, 7) is 7.39. The molecule has 5 nitrogen and oxygen atoms in total. The Bertz CT molecular complexity index is 557. The first-order valence-corrected chi connectivity index (χ1v) is 7.97. The number of benzene rings is 1. The summed E-state index contributed by atoms with van der Waals surface area (Å²) >= 11 is 0. The first-order valence-electron chi connectivity index (χ1n) is 7.97. The molecule has 1 aliphatic rings. The third-order valence-corrected chi connectivity index (χ3v) is 3.94. The zero-order chi connectivity index (χ0) is 16.1. The third-order valence-electron chi connectivity index (χ3n) is 3.94. The van der Waals surface area contributed by atoms with Crippen molar-refractivity contribution in [2.45, 2.75) is 46.1 Å². The van der Waals surface area contributed by atoms with Crippen molar-refractivity contribution in [3.05, 3.63) is 23.8 Å². The van der Waals surface area contributed by atoms with Crippen LogP contribution in [0.1, 0.15) is 39.2 Å². The summed E-state index contributed by atoms with van der Waals surface area (Å²) in [5.74, 6) is -0.407. The van der Waals surface area contributed by atoms with Crippen molar-refractivity contribution in [2.24, 2.45) is 0 Å². The maximum atomic E-state index is 12.1. The molecule has 2 N–H and O–H groups in total. The second-order valence-electron chi connectivity index (χ2n) is 5.85. The van der Waals surface area contributed by atoms with Crippen LogP contribution in [0, 0.1) is 0 Å². The predicted octanol–water partition coefficient (Wildman–Crippen LogP) is 2.31. The van der Waals surface area contributed by atoms with Crippen LogP contribution >= 0.6 is 0 Å². The Labute approximate surface area is 132 Å². The minimum Gasteiger partial charge on any atom is -0.371 e. The Kier molecular flexibility index (Phi) is 5.41. The zero-order valence-electron chi connectivity index (χ0n) is 13.6. The Hall–Kier alpha value is -2.04. The van der Waals surface area contributed by atoms with Gasteiger partial charge in [-0.3, -0.25) is 9.59 Å². The molecule has 0 bridgehead atoms. The van der Waals surface area contributed by atoms with Gasteiger partial charge in [0.1, 0.15) is 6.04 Å². The number of nitrogens with zero attached hydrogens (tertiary/aromatic N) is 1. The highest BCUT2D eigenvalue weighted by molar-refractivity contribution is 5.97. The number of rotatable bonds is 6. The van der Waals surface area contributed by atoms with Crippen molar-refractivity contribution in [1.82, 2.24) is 5.32 Å². The number of nitrogens with one attached hydrogen (secondary N) is 2. The van der Waals surface area contributed by atoms with Gasteiger partial charge in [-0.05, 0) is 37.5 Å². The van der Waals surface area contributed by atoms with Crippen molar-refractivity contribution >= 4 is 23.2 Å². The molecule has 120 valence electrons. The van der Waals surface area contributed by atoms with E-state index in [0.29, 0.717) is 0 Å². The fourth-order valence-electron chi connectivity index (χ4n) is 2.73. The van der Waals surface area contributed by atoms with Crippen LogP contribution < -0.4 is 15.5 Å². The lowest BCUT2D eigenvalue weighted by Gasteiger charge is -2.20. The van der Waals surface area contributed by atoms with E-state index in [1.54, 1.807) is 6.92 Å². The molecule has 22 heavy (non-hydrogen) atoms. The quantitative estimate of drug-likeness (QED) is 0.848. The van der Waals surface area contributed by atoms with Crippen LogP contribution in [-0.4, -0.2) is 30.9 Å². The molecule has 2 rings (SSSR count). The standard InChI is InChI=1S/C17H25N3O2/c1-4-5-9-20-10-8-14-6-7-15(11-16(14)20)19-17(22)12(2)18-13(3)21/h6-7,11-12H,4-5,8-10H2,1-3H3,(H,18,21)(H,19,22). The summed E-state index contributed by atoms with van der Waals surface area (Å²) in [6, 6.07) is 5.51. The molecule has 1 aromatic carbocycles. The second kappa shape index (κ2) is 7.29. The summed E-state index contributed by atoms with van der Waals surface area (Å²) in [5.41, 5.74) is 3.34. The molecule has 1 atom stereocenters. The maximum Gasteiger partial charge on any atom is 0.246 e. The van der Waals surface area contributed by atoms with Gasteiger partial charge in [-0.1, -0.05) is 19.4 Å². The number of hydrogen-bond acceptors (Lipinski definition) is 3. The monoisotopic (exact) mass is 303 g/mol. The summed E-state index contributed by atoms with van der Waals surface area (Å²) < 4.78 is 0. The molecular formula is C17H25N3O2. The second-order valence-corrected chi connectivity index (χ2v) is 5.85. The van der Waals surface area contributed by atoms with Crippen molar-refractivity contribution in [2.75, 3.05) is 23.3 Å². The Morgan fingerprint density at radius 2 is 2.14 bits per heavy atom. The Morgan fingerprint density at radius 1 is 1.36 bits per heavy atom. The molecule has 1 aromatic rings. The number of amides is 2. The number of unbranched alkanes of at least 4 members (excludes halogenated alkanes) is 1. The average Bonchev–Trinajstić information content (AvgIpc) is 2.86. The molecule has 0 saturated heterocycles. The highest BCUT2D eigenvalue weighted by Gasteiger charge is 2.20. The summed E-state index contributed by atoms with van der Waals surface area (Å²) in [6.07, 6.45) is 3.42. The van der Waals surface area contributed by atoms with Gasteiger partial charge in [0.25, 0.3) is 0 Å². The average molecular weight is 303 g/mol. The molecule has 0 spiro atoms. The van der Waals surface area contributed by atoms with E-state index in [0.717, 1.165) is 25.2 Å². The van der Waals surface area contributed by atoms with E-state index >= 15 is 0 Å². The molecule has 1 heterocycles. The van der Waals surface area contributed by atoms with E-state index in [-0.39, 0.29) is 11.8 Å². The van der Waals surface area contributed by atoms with Crippen molar-refractivity contribution in [1.29, 1.82) is 0 Å². The van der Waals surface area contributed by atoms with Crippen molar-refractivity contribution < 1.29 is 9.59 Å². The zero-order valence-corrected chi connectivity index (χ0v) is 13.6. The molecule has 0 aromatic heterocycles. The van der Waals surface area contributed by atoms with Crippen LogP contribution in [0.4, 0.5) is 11.4 Å². The maximum absolute atomic E-state index is 12.1. The van der Waals surface area contributed by atoms with Gasteiger partial charge >= 0.3 is 0 Å². The van der Waals surface area contributed by atoms with Crippen LogP contribution in [0.3, 0.4) is 0 Å². The third kappa shape index (κ3) is 4.00. The number of anilines is 2. The molecular weight excluding hydrogens is 278 g/mol. The van der Waals surface area contributed by atoms with Gasteiger partial charge in [0.05, 0.1) is 0 Å². The van der Waals surface area contributed by atoms with Gasteiger partial charge in [0, 0.05) is 31.4 Å². The molecule has 1 aliphatic heterocycles. The molecule has 0 radical (unpaired) electrons. The largest absolute Gasteiger partial charge is 0.371 e. The summed E-state index contributed by atoms with van der Waals surface area (Å²) in [4.78, 5) is 25.5. The molecule has 0 fully saturated rings. The van der Waals surface area contributed by atoms with Crippen molar-refractivity contribution in [3.63, 3.8) is 0 Å². The van der Waals surface area contributed by atoms with Gasteiger partial charge in [0.2, 0.25) is 11.8 Å². The Balaban J connectivity index is 2.04. The van der Waals surface area contributed by atoms with Crippen LogP contribution in [-0.2, 0) is 16.0 Å². The molecule has 2 amide bonds. The highest BCUT2D eigenvalue weighted by Crippen LogP contribution is 2.31. The highest BCUT2D eigenvalue weighted by atomic mass is 16.2. The van der Waals surface area contributed by atoms with Gasteiger partial charge in [-0.25, -0.2) is 0 Å². The number of hydrogen-bond donors (Lipinski definition) is 2. The minimum atomic E-state index is -0.540. The first-order chi connectivity index (χ1) is 10.5. The lowest BCUT2D eigenvalue weighted by molar-refractivity contribution is -0.124. The van der Waals surface area contributed by atoms with Crippen LogP contribution in [0.2, 0.25) is 0 Å². The van der Waals surface area contributed by atoms with Gasteiger partial charge in [-0.2, -0.15) is 0 Å². The normalized spacial score (nSPS) is 14.4. The van der Waals surface area contributed by atoms with E-state index in [1.807, 2.05) is 12.1 Å². The fourth-order valence-corrected chi connectivity index (χ4v) is 2.73. The number of carbonyl (C=O) groups is 2. The summed E-state index contributed by atoms with van der Waals surface area (Å²) in [5, 5.41) is 5.46. The van der Waals surface area contributed by atoms with Crippen molar-refractivity contribution in [3.8, 4) is 0 Å². The molecule has 0 saturated carbocycles. The molecule has 1 unspecified atom stereocenters. The Morgan fingerprint density at radius 3 is 2.82 bits per heavy atom. The van der Waals surface area contributed by atoms with E-state index in [2.05, 4.69) is 28.5 Å².